The van der Waals surface area contributed by atoms with Crippen LogP contribution in [0.4, 0.5) is 0 Å². The fraction of sp³-hybridized carbons (Fsp3) is 0.714. The third-order valence-electron chi connectivity index (χ3n) is 1.23. The molecule has 0 aliphatic rings. The van der Waals surface area contributed by atoms with Crippen molar-refractivity contribution < 1.29 is 84.0 Å². The van der Waals surface area contributed by atoms with Gasteiger partial charge in [0.1, 0.15) is 0 Å². The van der Waals surface area contributed by atoms with E-state index < -0.39 is 31.1 Å². The van der Waals surface area contributed by atoms with E-state index >= 15 is 0 Å². The first-order valence-corrected chi connectivity index (χ1v) is 3.72. The molecule has 6 nitrogen and oxygen atoms in total. The number of aliphatic hydroxyl groups excluding tert-OH is 1. The molecule has 0 aliphatic heterocycles. The van der Waals surface area contributed by atoms with Crippen molar-refractivity contribution in [3.05, 3.63) is 0 Å². The van der Waals surface area contributed by atoms with Crippen LogP contribution < -0.4 is 69.3 Å². The Labute approximate surface area is 132 Å². The van der Waals surface area contributed by atoms with Crippen molar-refractivity contribution in [2.75, 3.05) is 19.6 Å². The summed E-state index contributed by atoms with van der Waals surface area (Å²) >= 11 is 0. The molecule has 0 amide bonds. The Kier molecular flexibility index (Phi) is 16.0. The van der Waals surface area contributed by atoms with E-state index in [2.05, 4.69) is 0 Å². The zero-order valence-electron chi connectivity index (χ0n) is 9.23. The van der Waals surface area contributed by atoms with Gasteiger partial charge in [-0.15, -0.1) is 0 Å². The maximum atomic E-state index is 10.1. The van der Waals surface area contributed by atoms with Gasteiger partial charge in [-0.25, -0.2) is 0 Å². The van der Waals surface area contributed by atoms with Gasteiger partial charge in [0.15, 0.2) is 0 Å². The molecule has 1 N–H and O–H groups in total. The number of carbonyl (C=O) groups is 2. The fourth-order valence-corrected chi connectivity index (χ4v) is 0.924. The minimum atomic E-state index is -1.39. The van der Waals surface area contributed by atoms with E-state index in [-0.39, 0.29) is 65.7 Å². The monoisotopic (exact) mass is 235 g/mol. The molecule has 0 heterocycles. The number of carbonyl (C=O) groups excluding carboxylic acids is 2. The summed E-state index contributed by atoms with van der Waals surface area (Å²) in [7, 11) is 0. The topological polar surface area (TPSA) is 104 Å². The molecule has 1 atom stereocenters. The minimum Gasteiger partial charge on any atom is -0.549 e. The van der Waals surface area contributed by atoms with E-state index in [1.165, 1.54) is 6.92 Å². The van der Waals surface area contributed by atoms with Crippen molar-refractivity contribution in [2.24, 2.45) is 0 Å². The summed E-state index contributed by atoms with van der Waals surface area (Å²) in [6, 6.07) is 0. The van der Waals surface area contributed by atoms with Crippen LogP contribution in [-0.4, -0.2) is 47.7 Å². The molecule has 0 aromatic heterocycles. The Hall–Kier alpha value is 0.860. The van der Waals surface area contributed by atoms with Crippen LogP contribution in [0.2, 0.25) is 0 Å². The number of hydrogen-bond acceptors (Lipinski definition) is 6. The Morgan fingerprint density at radius 3 is 1.73 bits per heavy atom. The van der Waals surface area contributed by atoms with Gasteiger partial charge in [0, 0.05) is 19.6 Å². The summed E-state index contributed by atoms with van der Waals surface area (Å²) in [6.45, 7) is 0.331. The molecule has 0 fully saturated rings. The molecule has 76 valence electrons. The summed E-state index contributed by atoms with van der Waals surface area (Å²) in [6.07, 6.45) is -0.793. The van der Waals surface area contributed by atoms with Gasteiger partial charge in [0.2, 0.25) is 0 Å². The van der Waals surface area contributed by atoms with Gasteiger partial charge in [-0.05, 0) is 6.92 Å². The van der Waals surface area contributed by atoms with Crippen molar-refractivity contribution in [1.29, 1.82) is 0 Å². The third-order valence-corrected chi connectivity index (χ3v) is 1.23. The Balaban J connectivity index is -0.000000720. The molecule has 0 aromatic carbocycles. The van der Waals surface area contributed by atoms with Gasteiger partial charge >= 0.3 is 59.1 Å². The second-order valence-corrected chi connectivity index (χ2v) is 2.76. The van der Waals surface area contributed by atoms with Gasteiger partial charge in [-0.2, -0.15) is 0 Å². The molecule has 0 spiro atoms. The predicted molar refractivity (Wildman–Crippen MR) is 38.1 cm³/mol. The van der Waals surface area contributed by atoms with Gasteiger partial charge in [-0.1, -0.05) is 0 Å². The second-order valence-electron chi connectivity index (χ2n) is 2.76. The molecule has 0 rings (SSSR count). The summed E-state index contributed by atoms with van der Waals surface area (Å²) in [4.78, 5) is 21.3. The van der Waals surface area contributed by atoms with Crippen LogP contribution in [0.15, 0.2) is 0 Å². The van der Waals surface area contributed by atoms with E-state index in [1.54, 1.807) is 0 Å². The van der Waals surface area contributed by atoms with Gasteiger partial charge < -0.3 is 24.9 Å². The fourth-order valence-electron chi connectivity index (χ4n) is 0.924. The molecule has 0 radical (unpaired) electrons. The first kappa shape index (κ1) is 21.2. The Bertz CT molecular complexity index is 184. The molecule has 0 saturated carbocycles. The van der Waals surface area contributed by atoms with Gasteiger partial charge in [0.25, 0.3) is 0 Å². The number of aliphatic carboxylic acids is 2. The molecular weight excluding hydrogens is 224 g/mol. The molecule has 0 aliphatic carbocycles. The quantitative estimate of drug-likeness (QED) is 0.458. The predicted octanol–water partition coefficient (Wildman–Crippen LogP) is -9.82. The van der Waals surface area contributed by atoms with Crippen LogP contribution >= 0.6 is 0 Å². The Morgan fingerprint density at radius 2 is 1.53 bits per heavy atom. The van der Waals surface area contributed by atoms with E-state index in [9.17, 15) is 19.8 Å². The number of carboxylic acid groups (broad SMARTS) is 2. The molecule has 15 heavy (non-hydrogen) atoms. The maximum absolute atomic E-state index is 10.1. The van der Waals surface area contributed by atoms with Crippen molar-refractivity contribution in [1.82, 2.24) is 4.90 Å². The molecule has 0 bridgehead atoms. The summed E-state index contributed by atoms with van der Waals surface area (Å²) in [5.41, 5.74) is 0. The van der Waals surface area contributed by atoms with E-state index in [1.807, 2.05) is 0 Å². The normalized spacial score (nSPS) is 11.1. The molecule has 0 saturated heterocycles. The van der Waals surface area contributed by atoms with Crippen LogP contribution in [0.1, 0.15) is 6.92 Å². The smallest absolute Gasteiger partial charge is 0.549 e. The summed E-state index contributed by atoms with van der Waals surface area (Å²) < 4.78 is 0. The number of aliphatic hydroxyl groups is 1. The average Bonchev–Trinajstić information content (AvgIpc) is 1.80. The van der Waals surface area contributed by atoms with Crippen LogP contribution in [0.25, 0.3) is 0 Å². The molecule has 0 aromatic rings. The van der Waals surface area contributed by atoms with Crippen molar-refractivity contribution >= 4 is 11.9 Å². The van der Waals surface area contributed by atoms with E-state index in [4.69, 9.17) is 5.11 Å². The number of rotatable bonds is 6. The number of nitrogens with zero attached hydrogens (tertiary/aromatic N) is 1. The van der Waals surface area contributed by atoms with Crippen LogP contribution in [-0.2, 0) is 9.59 Å². The second kappa shape index (κ2) is 11.3. The van der Waals surface area contributed by atoms with Crippen molar-refractivity contribution in [2.45, 2.75) is 13.0 Å². The third kappa shape index (κ3) is 14.9. The first-order valence-electron chi connectivity index (χ1n) is 3.72. The zero-order valence-corrected chi connectivity index (χ0v) is 13.2. The SMILES string of the molecule is CC(O)CN(CC(=O)[O-])CC(=O)[O-].[Na+].[Na+]. The van der Waals surface area contributed by atoms with E-state index in [0.717, 1.165) is 4.90 Å². The molecule has 8 heteroatoms. The van der Waals surface area contributed by atoms with Crippen LogP contribution in [0.5, 0.6) is 0 Å². The van der Waals surface area contributed by atoms with Crippen LogP contribution in [0.3, 0.4) is 0 Å². The number of carboxylic acids is 2. The zero-order chi connectivity index (χ0) is 10.4. The van der Waals surface area contributed by atoms with Crippen molar-refractivity contribution in [3.63, 3.8) is 0 Å². The maximum Gasteiger partial charge on any atom is 1.00 e. The summed E-state index contributed by atoms with van der Waals surface area (Å²) in [5.74, 6) is -2.77. The minimum absolute atomic E-state index is 0. The van der Waals surface area contributed by atoms with Gasteiger partial charge in [-0.3, -0.25) is 4.90 Å². The molecule has 1 unspecified atom stereocenters. The standard InChI is InChI=1S/C7H13NO5.2Na/c1-5(9)2-8(3-6(10)11)4-7(12)13;;/h5,9H,2-4H2,1H3,(H,10,11)(H,12,13);;/q;2*+1/p-2. The van der Waals surface area contributed by atoms with Crippen molar-refractivity contribution in [3.8, 4) is 0 Å². The Morgan fingerprint density at radius 1 is 1.20 bits per heavy atom. The van der Waals surface area contributed by atoms with Crippen LogP contribution in [0, 0.1) is 0 Å². The molecular formula is C7H11NNa2O5. The largest absolute Gasteiger partial charge is 1.00 e. The first-order chi connectivity index (χ1) is 5.91. The summed E-state index contributed by atoms with van der Waals surface area (Å²) in [5, 5.41) is 29.1. The number of hydrogen-bond donors (Lipinski definition) is 1. The average molecular weight is 235 g/mol. The van der Waals surface area contributed by atoms with Gasteiger partial charge in [0.05, 0.1) is 18.0 Å². The van der Waals surface area contributed by atoms with E-state index in [0.29, 0.717) is 0 Å².